The maximum Gasteiger partial charge on any atom is 0.275 e. The van der Waals surface area contributed by atoms with E-state index in [9.17, 15) is 13.6 Å². The van der Waals surface area contributed by atoms with Crippen LogP contribution < -0.4 is 10.1 Å². The van der Waals surface area contributed by atoms with Crippen molar-refractivity contribution in [1.29, 1.82) is 0 Å². The topological polar surface area (TPSA) is 51.2 Å². The summed E-state index contributed by atoms with van der Waals surface area (Å²) in [5, 5.41) is 4.83. The fraction of sp³-hybridized carbons (Fsp3) is 0.0588. The molecule has 3 rings (SSSR count). The van der Waals surface area contributed by atoms with E-state index in [1.165, 1.54) is 17.4 Å². The molecule has 1 heterocycles. The number of hydrogen-bond donors (Lipinski definition) is 1. The standard InChI is InChI=1S/C17H12F2N2O2S/c18-11-6-7-15(13(19)8-11)23-9-16-21-14(10-24-16)17(22)20-12-4-2-1-3-5-12/h1-8,10H,9H2,(H,20,22). The van der Waals surface area contributed by atoms with Crippen molar-refractivity contribution in [1.82, 2.24) is 4.98 Å². The molecule has 0 radical (unpaired) electrons. The number of nitrogens with one attached hydrogen (secondary N) is 1. The highest BCUT2D eigenvalue weighted by Crippen LogP contribution is 2.20. The molecule has 1 amide bonds. The van der Waals surface area contributed by atoms with E-state index in [1.807, 2.05) is 18.2 Å². The van der Waals surface area contributed by atoms with Crippen molar-refractivity contribution >= 4 is 22.9 Å². The summed E-state index contributed by atoms with van der Waals surface area (Å²) in [4.78, 5) is 16.2. The van der Waals surface area contributed by atoms with Crippen molar-refractivity contribution in [3.8, 4) is 5.75 Å². The molecule has 0 aliphatic rings. The third kappa shape index (κ3) is 3.94. The lowest BCUT2D eigenvalue weighted by molar-refractivity contribution is 0.102. The molecule has 0 aliphatic heterocycles. The first-order chi connectivity index (χ1) is 11.6. The predicted molar refractivity (Wildman–Crippen MR) is 87.2 cm³/mol. The number of para-hydroxylation sites is 1. The van der Waals surface area contributed by atoms with Crippen LogP contribution in [0.4, 0.5) is 14.5 Å². The van der Waals surface area contributed by atoms with Crippen molar-refractivity contribution < 1.29 is 18.3 Å². The largest absolute Gasteiger partial charge is 0.483 e. The Balaban J connectivity index is 1.62. The van der Waals surface area contributed by atoms with E-state index < -0.39 is 11.6 Å². The van der Waals surface area contributed by atoms with Gasteiger partial charge in [0, 0.05) is 17.1 Å². The number of ether oxygens (including phenoxy) is 1. The number of nitrogens with zero attached hydrogens (tertiary/aromatic N) is 1. The van der Waals surface area contributed by atoms with Gasteiger partial charge in [-0.15, -0.1) is 11.3 Å². The molecule has 0 aliphatic carbocycles. The number of rotatable bonds is 5. The Morgan fingerprint density at radius 3 is 2.71 bits per heavy atom. The average molecular weight is 346 g/mol. The van der Waals surface area contributed by atoms with Crippen LogP contribution in [0.1, 0.15) is 15.5 Å². The third-order valence-corrected chi connectivity index (χ3v) is 3.88. The zero-order valence-corrected chi connectivity index (χ0v) is 13.1. The van der Waals surface area contributed by atoms with E-state index in [-0.39, 0.29) is 24.0 Å². The van der Waals surface area contributed by atoms with Crippen LogP contribution in [0.5, 0.6) is 5.75 Å². The minimum Gasteiger partial charge on any atom is -0.483 e. The Hall–Kier alpha value is -2.80. The van der Waals surface area contributed by atoms with Gasteiger partial charge in [0.2, 0.25) is 0 Å². The van der Waals surface area contributed by atoms with Gasteiger partial charge in [-0.1, -0.05) is 18.2 Å². The van der Waals surface area contributed by atoms with Gasteiger partial charge in [-0.3, -0.25) is 4.79 Å². The highest BCUT2D eigenvalue weighted by Gasteiger charge is 2.12. The maximum absolute atomic E-state index is 13.5. The summed E-state index contributed by atoms with van der Waals surface area (Å²) in [6, 6.07) is 12.1. The molecule has 4 nitrogen and oxygen atoms in total. The number of hydrogen-bond acceptors (Lipinski definition) is 4. The van der Waals surface area contributed by atoms with E-state index in [0.717, 1.165) is 12.1 Å². The molecule has 2 aromatic carbocycles. The number of benzene rings is 2. The van der Waals surface area contributed by atoms with Gasteiger partial charge >= 0.3 is 0 Å². The first-order valence-corrected chi connectivity index (χ1v) is 7.88. The zero-order chi connectivity index (χ0) is 16.9. The molecule has 7 heteroatoms. The molecule has 24 heavy (non-hydrogen) atoms. The SMILES string of the molecule is O=C(Nc1ccccc1)c1csc(COc2ccc(F)cc2F)n1. The molecule has 0 unspecified atom stereocenters. The highest BCUT2D eigenvalue weighted by molar-refractivity contribution is 7.09. The second kappa shape index (κ2) is 7.18. The van der Waals surface area contributed by atoms with Gasteiger partial charge in [0.25, 0.3) is 5.91 Å². The molecule has 1 aromatic heterocycles. The smallest absolute Gasteiger partial charge is 0.275 e. The molecule has 0 spiro atoms. The van der Waals surface area contributed by atoms with Crippen LogP contribution in [0.15, 0.2) is 53.9 Å². The number of carbonyl (C=O) groups is 1. The lowest BCUT2D eigenvalue weighted by atomic mass is 10.3. The monoisotopic (exact) mass is 346 g/mol. The summed E-state index contributed by atoms with van der Waals surface area (Å²) in [5.74, 6) is -1.86. The molecule has 0 saturated heterocycles. The molecule has 0 bridgehead atoms. The summed E-state index contributed by atoms with van der Waals surface area (Å²) in [6.07, 6.45) is 0. The Morgan fingerprint density at radius 2 is 1.96 bits per heavy atom. The van der Waals surface area contributed by atoms with Gasteiger partial charge < -0.3 is 10.1 Å². The summed E-state index contributed by atoms with van der Waals surface area (Å²) >= 11 is 1.22. The quantitative estimate of drug-likeness (QED) is 0.751. The zero-order valence-electron chi connectivity index (χ0n) is 12.3. The summed E-state index contributed by atoms with van der Waals surface area (Å²) in [5.41, 5.74) is 0.920. The van der Waals surface area contributed by atoms with Crippen LogP contribution in [0.3, 0.4) is 0 Å². The normalized spacial score (nSPS) is 10.4. The Labute approximate surface area is 140 Å². The number of amides is 1. The van der Waals surface area contributed by atoms with Gasteiger partial charge in [0.15, 0.2) is 11.6 Å². The molecule has 0 saturated carbocycles. The fourth-order valence-electron chi connectivity index (χ4n) is 1.93. The lowest BCUT2D eigenvalue weighted by Gasteiger charge is -2.05. The lowest BCUT2D eigenvalue weighted by Crippen LogP contribution is -2.12. The summed E-state index contributed by atoms with van der Waals surface area (Å²) in [7, 11) is 0. The average Bonchev–Trinajstić information content (AvgIpc) is 3.04. The Kier molecular flexibility index (Phi) is 4.81. The molecule has 3 aromatic rings. The number of halogens is 2. The first kappa shape index (κ1) is 16.1. The van der Waals surface area contributed by atoms with Crippen LogP contribution in [-0.4, -0.2) is 10.9 Å². The number of thiazole rings is 1. The predicted octanol–water partition coefficient (Wildman–Crippen LogP) is 4.25. The van der Waals surface area contributed by atoms with Crippen LogP contribution in [0.2, 0.25) is 0 Å². The highest BCUT2D eigenvalue weighted by atomic mass is 32.1. The van der Waals surface area contributed by atoms with Gasteiger partial charge in [0.1, 0.15) is 23.1 Å². The van der Waals surface area contributed by atoms with Crippen LogP contribution in [-0.2, 0) is 6.61 Å². The molecular weight excluding hydrogens is 334 g/mol. The van der Waals surface area contributed by atoms with Crippen molar-refractivity contribution in [2.75, 3.05) is 5.32 Å². The molecule has 1 N–H and O–H groups in total. The summed E-state index contributed by atoms with van der Waals surface area (Å²) in [6.45, 7) is -0.00810. The van der Waals surface area contributed by atoms with E-state index in [0.29, 0.717) is 10.7 Å². The van der Waals surface area contributed by atoms with Gasteiger partial charge in [0.05, 0.1) is 0 Å². The van der Waals surface area contributed by atoms with Gasteiger partial charge in [-0.2, -0.15) is 0 Å². The molecule has 122 valence electrons. The molecule has 0 fully saturated rings. The maximum atomic E-state index is 13.5. The second-order valence-electron chi connectivity index (χ2n) is 4.81. The van der Waals surface area contributed by atoms with E-state index >= 15 is 0 Å². The van der Waals surface area contributed by atoms with Crippen LogP contribution in [0.25, 0.3) is 0 Å². The minimum absolute atomic E-state index is 0.00810. The second-order valence-corrected chi connectivity index (χ2v) is 5.75. The van der Waals surface area contributed by atoms with E-state index in [1.54, 1.807) is 17.5 Å². The Morgan fingerprint density at radius 1 is 1.17 bits per heavy atom. The number of anilines is 1. The van der Waals surface area contributed by atoms with Gasteiger partial charge in [-0.25, -0.2) is 13.8 Å². The van der Waals surface area contributed by atoms with Crippen molar-refractivity contribution in [2.45, 2.75) is 6.61 Å². The summed E-state index contributed by atoms with van der Waals surface area (Å²) < 4.78 is 31.6. The third-order valence-electron chi connectivity index (χ3n) is 3.06. The van der Waals surface area contributed by atoms with Crippen molar-refractivity contribution in [2.24, 2.45) is 0 Å². The Bertz CT molecular complexity index is 853. The molecular formula is C17H12F2N2O2S. The number of aromatic nitrogens is 1. The van der Waals surface area contributed by atoms with Crippen LogP contribution >= 0.6 is 11.3 Å². The minimum atomic E-state index is -0.784. The first-order valence-electron chi connectivity index (χ1n) is 7.00. The van der Waals surface area contributed by atoms with E-state index in [4.69, 9.17) is 4.74 Å². The van der Waals surface area contributed by atoms with Crippen molar-refractivity contribution in [3.63, 3.8) is 0 Å². The van der Waals surface area contributed by atoms with Crippen LogP contribution in [0, 0.1) is 11.6 Å². The molecule has 0 atom stereocenters. The van der Waals surface area contributed by atoms with Crippen molar-refractivity contribution in [3.05, 3.63) is 76.2 Å². The van der Waals surface area contributed by atoms with E-state index in [2.05, 4.69) is 10.3 Å². The fourth-order valence-corrected chi connectivity index (χ4v) is 2.62. The van der Waals surface area contributed by atoms with Gasteiger partial charge in [-0.05, 0) is 24.3 Å². The number of carbonyl (C=O) groups excluding carboxylic acids is 1.